The minimum atomic E-state index is -0.349. The lowest BCUT2D eigenvalue weighted by atomic mass is 9.79. The molecule has 1 saturated heterocycles. The highest BCUT2D eigenvalue weighted by atomic mass is 19.1. The summed E-state index contributed by atoms with van der Waals surface area (Å²) >= 11 is 0. The van der Waals surface area contributed by atoms with Crippen molar-refractivity contribution in [2.45, 2.75) is 51.4 Å². The molecule has 3 aliphatic rings. The number of rotatable bonds is 4. The minimum absolute atomic E-state index is 0.309. The Bertz CT molecular complexity index is 917. The standard InChI is InChI=1S/C23H27FN4O/c1-15-11-18(27-21-4-3-17(24)14-25-21)12-20(26-15)16-5-9-28(10-6-16)22(29)19-13-23(19)7-2-8-23/h3-4,11-12,14,16,19H,2,5-10,13H2,1H3,(H,25,26,27). The van der Waals surface area contributed by atoms with Gasteiger partial charge in [0.25, 0.3) is 0 Å². The van der Waals surface area contributed by atoms with Crippen molar-refractivity contribution < 1.29 is 9.18 Å². The van der Waals surface area contributed by atoms with E-state index in [1.165, 1.54) is 31.5 Å². The molecule has 1 N–H and O–H groups in total. The van der Waals surface area contributed by atoms with Crippen LogP contribution in [0.3, 0.4) is 0 Å². The molecule has 0 bridgehead atoms. The first kappa shape index (κ1) is 18.5. The van der Waals surface area contributed by atoms with Crippen LogP contribution in [-0.2, 0) is 4.79 Å². The predicted molar refractivity (Wildman–Crippen MR) is 109 cm³/mol. The molecule has 152 valence electrons. The van der Waals surface area contributed by atoms with E-state index in [-0.39, 0.29) is 5.82 Å². The van der Waals surface area contributed by atoms with Crippen LogP contribution >= 0.6 is 0 Å². The molecule has 1 spiro atoms. The molecule has 5 nitrogen and oxygen atoms in total. The van der Waals surface area contributed by atoms with E-state index in [1.54, 1.807) is 6.07 Å². The maximum absolute atomic E-state index is 13.1. The number of carbonyl (C=O) groups is 1. The molecular formula is C23H27FN4O. The Labute approximate surface area is 170 Å². The molecule has 1 amide bonds. The summed E-state index contributed by atoms with van der Waals surface area (Å²) in [5.41, 5.74) is 3.31. The topological polar surface area (TPSA) is 58.1 Å². The number of hydrogen-bond donors (Lipinski definition) is 1. The van der Waals surface area contributed by atoms with E-state index >= 15 is 0 Å². The number of amides is 1. The summed E-state index contributed by atoms with van der Waals surface area (Å²) in [5.74, 6) is 1.32. The Morgan fingerprint density at radius 3 is 2.66 bits per heavy atom. The fourth-order valence-corrected chi connectivity index (χ4v) is 5.07. The third-order valence-electron chi connectivity index (χ3n) is 7.04. The molecule has 6 heteroatoms. The van der Waals surface area contributed by atoms with Crippen molar-refractivity contribution in [2.24, 2.45) is 11.3 Å². The number of nitrogens with one attached hydrogen (secondary N) is 1. The molecule has 3 heterocycles. The lowest BCUT2D eigenvalue weighted by Gasteiger charge is -2.34. The molecule has 29 heavy (non-hydrogen) atoms. The molecule has 0 radical (unpaired) electrons. The summed E-state index contributed by atoms with van der Waals surface area (Å²) < 4.78 is 13.1. The van der Waals surface area contributed by atoms with Crippen molar-refractivity contribution in [3.05, 3.63) is 47.7 Å². The second-order valence-electron chi connectivity index (χ2n) is 8.98. The van der Waals surface area contributed by atoms with Crippen LogP contribution in [0.1, 0.15) is 55.8 Å². The average molecular weight is 394 g/mol. The van der Waals surface area contributed by atoms with Gasteiger partial charge in [-0.3, -0.25) is 9.78 Å². The van der Waals surface area contributed by atoms with Gasteiger partial charge in [-0.05, 0) is 68.7 Å². The molecule has 1 unspecified atom stereocenters. The van der Waals surface area contributed by atoms with Gasteiger partial charge in [0.05, 0.1) is 6.20 Å². The molecule has 2 aliphatic carbocycles. The number of aromatic nitrogens is 2. The quantitative estimate of drug-likeness (QED) is 0.826. The number of likely N-dealkylation sites (tertiary alicyclic amines) is 1. The van der Waals surface area contributed by atoms with Gasteiger partial charge in [0, 0.05) is 42.0 Å². The van der Waals surface area contributed by atoms with Crippen LogP contribution in [0.2, 0.25) is 0 Å². The van der Waals surface area contributed by atoms with Gasteiger partial charge < -0.3 is 10.2 Å². The third-order valence-corrected chi connectivity index (χ3v) is 7.04. The first-order valence-corrected chi connectivity index (χ1v) is 10.7. The van der Waals surface area contributed by atoms with Crippen LogP contribution in [0.5, 0.6) is 0 Å². The van der Waals surface area contributed by atoms with Crippen LogP contribution in [-0.4, -0.2) is 33.9 Å². The molecule has 1 aliphatic heterocycles. The van der Waals surface area contributed by atoms with E-state index < -0.39 is 0 Å². The second kappa shape index (κ2) is 7.08. The molecule has 2 aromatic heterocycles. The Morgan fingerprint density at radius 2 is 2.03 bits per heavy atom. The monoisotopic (exact) mass is 394 g/mol. The molecule has 3 fully saturated rings. The lowest BCUT2D eigenvalue weighted by Crippen LogP contribution is -2.40. The van der Waals surface area contributed by atoms with E-state index in [9.17, 15) is 9.18 Å². The van der Waals surface area contributed by atoms with Crippen LogP contribution in [0.15, 0.2) is 30.5 Å². The zero-order valence-corrected chi connectivity index (χ0v) is 16.8. The maximum Gasteiger partial charge on any atom is 0.226 e. The lowest BCUT2D eigenvalue weighted by molar-refractivity contribution is -0.135. The van der Waals surface area contributed by atoms with E-state index in [0.717, 1.165) is 49.4 Å². The second-order valence-corrected chi connectivity index (χ2v) is 8.98. The third kappa shape index (κ3) is 3.61. The van der Waals surface area contributed by atoms with Gasteiger partial charge in [0.1, 0.15) is 11.6 Å². The van der Waals surface area contributed by atoms with Gasteiger partial charge in [-0.25, -0.2) is 9.37 Å². The van der Waals surface area contributed by atoms with Crippen molar-refractivity contribution in [2.75, 3.05) is 18.4 Å². The van der Waals surface area contributed by atoms with E-state index in [4.69, 9.17) is 4.98 Å². The van der Waals surface area contributed by atoms with Crippen molar-refractivity contribution >= 4 is 17.4 Å². The van der Waals surface area contributed by atoms with Crippen LogP contribution in [0, 0.1) is 24.1 Å². The van der Waals surface area contributed by atoms with Crippen molar-refractivity contribution in [3.63, 3.8) is 0 Å². The largest absolute Gasteiger partial charge is 0.342 e. The Morgan fingerprint density at radius 1 is 1.24 bits per heavy atom. The summed E-state index contributed by atoms with van der Waals surface area (Å²) in [6.45, 7) is 3.64. The Hall–Kier alpha value is -2.50. The predicted octanol–water partition coefficient (Wildman–Crippen LogP) is 4.56. The number of nitrogens with zero attached hydrogens (tertiary/aromatic N) is 3. The molecule has 5 rings (SSSR count). The number of aryl methyl sites for hydroxylation is 1. The van der Waals surface area contributed by atoms with Gasteiger partial charge in [-0.1, -0.05) is 6.42 Å². The number of piperidine rings is 1. The average Bonchev–Trinajstić information content (AvgIpc) is 3.46. The van der Waals surface area contributed by atoms with Crippen LogP contribution in [0.25, 0.3) is 0 Å². The van der Waals surface area contributed by atoms with E-state index in [0.29, 0.717) is 29.0 Å². The highest BCUT2D eigenvalue weighted by Crippen LogP contribution is 2.66. The molecule has 2 aromatic rings. The Balaban J connectivity index is 1.23. The first-order valence-electron chi connectivity index (χ1n) is 10.7. The smallest absolute Gasteiger partial charge is 0.226 e. The minimum Gasteiger partial charge on any atom is -0.342 e. The summed E-state index contributed by atoms with van der Waals surface area (Å²) in [6, 6.07) is 7.05. The zero-order valence-electron chi connectivity index (χ0n) is 16.8. The van der Waals surface area contributed by atoms with Crippen molar-refractivity contribution in [3.8, 4) is 0 Å². The van der Waals surface area contributed by atoms with Crippen LogP contribution < -0.4 is 5.32 Å². The molecule has 1 atom stereocenters. The van der Waals surface area contributed by atoms with Gasteiger partial charge >= 0.3 is 0 Å². The molecule has 0 aromatic carbocycles. The number of halogens is 1. The number of carbonyl (C=O) groups excluding carboxylic acids is 1. The SMILES string of the molecule is Cc1cc(Nc2ccc(F)cn2)cc(C2CCN(C(=O)C3CC34CCC4)CC2)n1. The summed E-state index contributed by atoms with van der Waals surface area (Å²) in [5, 5.41) is 3.24. The number of anilines is 2. The number of pyridine rings is 2. The zero-order chi connectivity index (χ0) is 20.0. The van der Waals surface area contributed by atoms with Crippen molar-refractivity contribution in [1.29, 1.82) is 0 Å². The Kier molecular flexibility index (Phi) is 4.52. The fraction of sp³-hybridized carbons (Fsp3) is 0.522. The first-order chi connectivity index (χ1) is 14.0. The van der Waals surface area contributed by atoms with Gasteiger partial charge in [-0.2, -0.15) is 0 Å². The maximum atomic E-state index is 13.1. The summed E-state index contributed by atoms with van der Waals surface area (Å²) in [6.07, 6.45) is 8.05. The molecular weight excluding hydrogens is 367 g/mol. The summed E-state index contributed by atoms with van der Waals surface area (Å²) in [4.78, 5) is 23.7. The number of hydrogen-bond acceptors (Lipinski definition) is 4. The van der Waals surface area contributed by atoms with E-state index in [2.05, 4.69) is 21.3 Å². The van der Waals surface area contributed by atoms with Crippen LogP contribution in [0.4, 0.5) is 15.9 Å². The molecule has 2 saturated carbocycles. The van der Waals surface area contributed by atoms with Gasteiger partial charge in [0.15, 0.2) is 0 Å². The van der Waals surface area contributed by atoms with Gasteiger partial charge in [0.2, 0.25) is 5.91 Å². The normalized spacial score (nSPS) is 23.0. The van der Waals surface area contributed by atoms with Gasteiger partial charge in [-0.15, -0.1) is 0 Å². The highest BCUT2D eigenvalue weighted by molar-refractivity contribution is 5.83. The van der Waals surface area contributed by atoms with E-state index in [1.807, 2.05) is 13.0 Å². The highest BCUT2D eigenvalue weighted by Gasteiger charge is 2.61. The fourth-order valence-electron chi connectivity index (χ4n) is 5.07. The summed E-state index contributed by atoms with van der Waals surface area (Å²) in [7, 11) is 0. The van der Waals surface area contributed by atoms with Crippen molar-refractivity contribution in [1.82, 2.24) is 14.9 Å².